The maximum Gasteiger partial charge on any atom is 0.254 e. The second-order valence-corrected chi connectivity index (χ2v) is 7.19. The average molecular weight is 390 g/mol. The van der Waals surface area contributed by atoms with Crippen LogP contribution in [0.15, 0.2) is 53.1 Å². The minimum absolute atomic E-state index is 0.0266. The van der Waals surface area contributed by atoms with Crippen LogP contribution in [0, 0.1) is 6.92 Å². The van der Waals surface area contributed by atoms with Gasteiger partial charge in [0.1, 0.15) is 6.04 Å². The second kappa shape index (κ2) is 7.87. The van der Waals surface area contributed by atoms with Gasteiger partial charge in [-0.05, 0) is 31.0 Å². The number of nitrogens with zero attached hydrogens (tertiary/aromatic N) is 3. The highest BCUT2D eigenvalue weighted by Crippen LogP contribution is 2.23. The number of nitrogens with one attached hydrogen (secondary N) is 1. The molecule has 1 N–H and O–H groups in total. The minimum Gasteiger partial charge on any atom is -0.345 e. The molecule has 0 spiro atoms. The molecule has 3 aromatic rings. The molecule has 0 saturated carbocycles. The zero-order valence-electron chi connectivity index (χ0n) is 16.4. The Hall–Kier alpha value is -3.48. The molecule has 2 amide bonds. The van der Waals surface area contributed by atoms with Gasteiger partial charge in [-0.3, -0.25) is 9.59 Å². The van der Waals surface area contributed by atoms with Crippen LogP contribution in [0.25, 0.3) is 11.4 Å². The summed E-state index contributed by atoms with van der Waals surface area (Å²) in [6.45, 7) is 4.68. The van der Waals surface area contributed by atoms with E-state index in [0.717, 1.165) is 22.3 Å². The van der Waals surface area contributed by atoms with Gasteiger partial charge in [0.05, 0.1) is 0 Å². The summed E-state index contributed by atoms with van der Waals surface area (Å²) < 4.78 is 5.33. The predicted molar refractivity (Wildman–Crippen MR) is 107 cm³/mol. The minimum atomic E-state index is -0.417. The highest BCUT2D eigenvalue weighted by Gasteiger charge is 2.27. The van der Waals surface area contributed by atoms with Crippen molar-refractivity contribution in [3.05, 3.63) is 71.1 Å². The first-order chi connectivity index (χ1) is 14.0. The number of carbonyl (C=O) groups is 2. The Balaban J connectivity index is 1.33. The second-order valence-electron chi connectivity index (χ2n) is 7.19. The third-order valence-electron chi connectivity index (χ3n) is 5.08. The van der Waals surface area contributed by atoms with Gasteiger partial charge < -0.3 is 14.7 Å². The number of fused-ring (bicyclic) bond motifs is 1. The fraction of sp³-hybridized carbons (Fsp3) is 0.273. The van der Waals surface area contributed by atoms with E-state index in [0.29, 0.717) is 24.8 Å². The molecular formula is C22H22N4O3. The maximum atomic E-state index is 12.4. The van der Waals surface area contributed by atoms with E-state index < -0.39 is 6.04 Å². The molecule has 0 bridgehead atoms. The molecule has 0 fully saturated rings. The molecule has 0 aliphatic carbocycles. The summed E-state index contributed by atoms with van der Waals surface area (Å²) in [4.78, 5) is 30.8. The SMILES string of the molecule is Cc1ccccc1-c1noc([C@H](C)NC(=O)CCN2Cc3ccccc3C2=O)n1. The lowest BCUT2D eigenvalue weighted by Crippen LogP contribution is -2.32. The Morgan fingerprint density at radius 2 is 1.90 bits per heavy atom. The van der Waals surface area contributed by atoms with E-state index in [2.05, 4.69) is 15.5 Å². The molecule has 0 radical (unpaired) electrons. The number of rotatable bonds is 6. The zero-order chi connectivity index (χ0) is 20.4. The number of hydrogen-bond donors (Lipinski definition) is 1. The number of amides is 2. The molecular weight excluding hydrogens is 368 g/mol. The van der Waals surface area contributed by atoms with Crippen molar-refractivity contribution in [2.24, 2.45) is 0 Å². The molecule has 4 rings (SSSR count). The average Bonchev–Trinajstić information content (AvgIpc) is 3.32. The fourth-order valence-electron chi connectivity index (χ4n) is 3.45. The van der Waals surface area contributed by atoms with Gasteiger partial charge in [-0.25, -0.2) is 0 Å². The quantitative estimate of drug-likeness (QED) is 0.698. The van der Waals surface area contributed by atoms with Gasteiger partial charge in [0, 0.05) is 30.6 Å². The molecule has 1 aromatic heterocycles. The lowest BCUT2D eigenvalue weighted by atomic mass is 10.1. The number of carbonyl (C=O) groups excluding carboxylic acids is 2. The topological polar surface area (TPSA) is 88.3 Å². The first kappa shape index (κ1) is 18.9. The van der Waals surface area contributed by atoms with Crippen LogP contribution in [-0.2, 0) is 11.3 Å². The highest BCUT2D eigenvalue weighted by molar-refractivity contribution is 5.98. The van der Waals surface area contributed by atoms with Gasteiger partial charge >= 0.3 is 0 Å². The highest BCUT2D eigenvalue weighted by atomic mass is 16.5. The normalized spacial score (nSPS) is 14.0. The van der Waals surface area contributed by atoms with E-state index in [1.165, 1.54) is 0 Å². The van der Waals surface area contributed by atoms with E-state index in [9.17, 15) is 9.59 Å². The van der Waals surface area contributed by atoms with Crippen LogP contribution < -0.4 is 5.32 Å². The Labute approximate surface area is 168 Å². The summed E-state index contributed by atoms with van der Waals surface area (Å²) in [6.07, 6.45) is 0.211. The van der Waals surface area contributed by atoms with E-state index in [1.807, 2.05) is 55.5 Å². The monoisotopic (exact) mass is 390 g/mol. The lowest BCUT2D eigenvalue weighted by molar-refractivity contribution is -0.122. The molecule has 0 unspecified atom stereocenters. The Morgan fingerprint density at radius 3 is 2.66 bits per heavy atom. The van der Waals surface area contributed by atoms with E-state index >= 15 is 0 Å². The van der Waals surface area contributed by atoms with E-state index in [4.69, 9.17) is 4.52 Å². The van der Waals surface area contributed by atoms with Gasteiger partial charge in [0.15, 0.2) is 0 Å². The van der Waals surface area contributed by atoms with Crippen molar-refractivity contribution in [1.29, 1.82) is 0 Å². The van der Waals surface area contributed by atoms with E-state index in [1.54, 1.807) is 11.8 Å². The summed E-state index contributed by atoms with van der Waals surface area (Å²) in [5, 5.41) is 6.89. The number of benzene rings is 2. The third kappa shape index (κ3) is 3.89. The lowest BCUT2D eigenvalue weighted by Gasteiger charge is -2.16. The van der Waals surface area contributed by atoms with Crippen molar-refractivity contribution in [2.45, 2.75) is 32.9 Å². The van der Waals surface area contributed by atoms with Gasteiger partial charge in [-0.1, -0.05) is 47.6 Å². The van der Waals surface area contributed by atoms with Gasteiger partial charge in [0.25, 0.3) is 5.91 Å². The predicted octanol–water partition coefficient (Wildman–Crippen LogP) is 3.27. The molecule has 2 heterocycles. The van der Waals surface area contributed by atoms with E-state index in [-0.39, 0.29) is 18.2 Å². The Bertz CT molecular complexity index is 1060. The van der Waals surface area contributed by atoms with Crippen molar-refractivity contribution in [2.75, 3.05) is 6.54 Å². The van der Waals surface area contributed by atoms with Crippen molar-refractivity contribution >= 4 is 11.8 Å². The third-order valence-corrected chi connectivity index (χ3v) is 5.08. The molecule has 2 aromatic carbocycles. The van der Waals surface area contributed by atoms with Crippen LogP contribution in [0.5, 0.6) is 0 Å². The van der Waals surface area contributed by atoms with Crippen molar-refractivity contribution in [3.8, 4) is 11.4 Å². The summed E-state index contributed by atoms with van der Waals surface area (Å²) in [5.74, 6) is 0.652. The van der Waals surface area contributed by atoms with Crippen molar-refractivity contribution in [3.63, 3.8) is 0 Å². The van der Waals surface area contributed by atoms with Crippen LogP contribution in [0.1, 0.15) is 46.8 Å². The van der Waals surface area contributed by atoms with Crippen molar-refractivity contribution < 1.29 is 14.1 Å². The molecule has 7 heteroatoms. The summed E-state index contributed by atoms with van der Waals surface area (Å²) in [5.41, 5.74) is 3.66. The molecule has 29 heavy (non-hydrogen) atoms. The molecule has 1 atom stereocenters. The first-order valence-electron chi connectivity index (χ1n) is 9.59. The zero-order valence-corrected chi connectivity index (χ0v) is 16.4. The van der Waals surface area contributed by atoms with Gasteiger partial charge in [-0.15, -0.1) is 0 Å². The van der Waals surface area contributed by atoms with Crippen molar-refractivity contribution in [1.82, 2.24) is 20.4 Å². The molecule has 7 nitrogen and oxygen atoms in total. The molecule has 0 saturated heterocycles. The van der Waals surface area contributed by atoms with Crippen LogP contribution in [0.2, 0.25) is 0 Å². The Morgan fingerprint density at radius 1 is 1.17 bits per heavy atom. The van der Waals surface area contributed by atoms with Gasteiger partial charge in [0.2, 0.25) is 17.6 Å². The Kier molecular flexibility index (Phi) is 5.12. The standard InChI is InChI=1S/C22H22N4O3/c1-14-7-3-5-9-17(14)20-24-21(29-25-20)15(2)23-19(27)11-12-26-13-16-8-4-6-10-18(16)22(26)28/h3-10,15H,11-13H2,1-2H3,(H,23,27)/t15-/m0/s1. The number of hydrogen-bond acceptors (Lipinski definition) is 5. The first-order valence-corrected chi connectivity index (χ1v) is 9.59. The number of aryl methyl sites for hydroxylation is 1. The van der Waals surface area contributed by atoms with Crippen LogP contribution in [0.3, 0.4) is 0 Å². The molecule has 148 valence electrons. The maximum absolute atomic E-state index is 12.4. The fourth-order valence-corrected chi connectivity index (χ4v) is 3.45. The van der Waals surface area contributed by atoms with Crippen LogP contribution in [0.4, 0.5) is 0 Å². The largest absolute Gasteiger partial charge is 0.345 e. The van der Waals surface area contributed by atoms with Gasteiger partial charge in [-0.2, -0.15) is 4.98 Å². The summed E-state index contributed by atoms with van der Waals surface area (Å²) >= 11 is 0. The molecule has 1 aliphatic heterocycles. The summed E-state index contributed by atoms with van der Waals surface area (Å²) in [6, 6.07) is 14.9. The molecule has 1 aliphatic rings. The number of aromatic nitrogens is 2. The van der Waals surface area contributed by atoms with Crippen LogP contribution in [-0.4, -0.2) is 33.4 Å². The van der Waals surface area contributed by atoms with Crippen LogP contribution >= 0.6 is 0 Å². The summed E-state index contributed by atoms with van der Waals surface area (Å²) in [7, 11) is 0. The smallest absolute Gasteiger partial charge is 0.254 e.